The first-order chi connectivity index (χ1) is 18.7. The highest BCUT2D eigenvalue weighted by atomic mass is 19.2. The summed E-state index contributed by atoms with van der Waals surface area (Å²) in [7, 11) is 2.04. The van der Waals surface area contributed by atoms with Crippen LogP contribution in [-0.4, -0.2) is 48.3 Å². The summed E-state index contributed by atoms with van der Waals surface area (Å²) in [6.07, 6.45) is 3.88. The van der Waals surface area contributed by atoms with Gasteiger partial charge in [-0.15, -0.1) is 0 Å². The Hall–Kier alpha value is -3.36. The molecule has 5 rings (SSSR count). The molecule has 2 aliphatic heterocycles. The zero-order valence-corrected chi connectivity index (χ0v) is 22.4. The van der Waals surface area contributed by atoms with Crippen molar-refractivity contribution in [2.45, 2.75) is 51.2 Å². The number of piperidine rings is 1. The van der Waals surface area contributed by atoms with Crippen LogP contribution in [0.5, 0.6) is 11.5 Å². The fourth-order valence-corrected chi connectivity index (χ4v) is 5.94. The number of aryl methyl sites for hydroxylation is 1. The molecule has 206 valence electrons. The molecule has 0 unspecified atom stereocenters. The van der Waals surface area contributed by atoms with Gasteiger partial charge in [-0.1, -0.05) is 24.3 Å². The van der Waals surface area contributed by atoms with Gasteiger partial charge in [0.05, 0.1) is 19.3 Å². The first kappa shape index (κ1) is 27.2. The second-order valence-corrected chi connectivity index (χ2v) is 10.9. The lowest BCUT2D eigenvalue weighted by Crippen LogP contribution is -2.62. The molecule has 1 N–H and O–H groups in total. The van der Waals surface area contributed by atoms with Crippen LogP contribution in [0.1, 0.15) is 48.3 Å². The number of carbonyl (C=O) groups is 1. The number of amides is 2. The SMILES string of the molecule is Cc1ccccc1C1CC[N+](Cc2ccc(Oc3cc(F)c(F)cc3F)cc2)(C(=O)N[C@@H]2CCCN2C)CC1. The molecule has 2 fully saturated rings. The van der Waals surface area contributed by atoms with Crippen LogP contribution in [0.4, 0.5) is 18.0 Å². The molecule has 3 aromatic carbocycles. The zero-order chi connectivity index (χ0) is 27.6. The Labute approximate surface area is 227 Å². The third-order valence-electron chi connectivity index (χ3n) is 8.29. The number of likely N-dealkylation sites (tertiary alicyclic amines) is 2. The van der Waals surface area contributed by atoms with Gasteiger partial charge < -0.3 is 4.74 Å². The first-order valence-electron chi connectivity index (χ1n) is 13.6. The smallest absolute Gasteiger partial charge is 0.418 e. The average Bonchev–Trinajstić information content (AvgIpc) is 3.33. The highest BCUT2D eigenvalue weighted by molar-refractivity contribution is 5.67. The highest BCUT2D eigenvalue weighted by Crippen LogP contribution is 2.35. The van der Waals surface area contributed by atoms with E-state index >= 15 is 0 Å². The lowest BCUT2D eigenvalue weighted by atomic mass is 9.85. The molecule has 0 radical (unpaired) electrons. The minimum atomic E-state index is -1.27. The van der Waals surface area contributed by atoms with Gasteiger partial charge in [0.15, 0.2) is 23.2 Å². The van der Waals surface area contributed by atoms with E-state index < -0.39 is 17.5 Å². The highest BCUT2D eigenvalue weighted by Gasteiger charge is 2.43. The van der Waals surface area contributed by atoms with Gasteiger partial charge in [-0.05, 0) is 74.7 Å². The van der Waals surface area contributed by atoms with E-state index in [1.54, 1.807) is 12.1 Å². The van der Waals surface area contributed by atoms with Crippen molar-refractivity contribution < 1.29 is 27.2 Å². The summed E-state index contributed by atoms with van der Waals surface area (Å²) in [4.78, 5) is 16.0. The summed E-state index contributed by atoms with van der Waals surface area (Å²) in [5.74, 6) is -3.09. The van der Waals surface area contributed by atoms with Gasteiger partial charge in [0, 0.05) is 30.5 Å². The number of quaternary nitrogens is 1. The second kappa shape index (κ2) is 11.4. The number of ether oxygens (including phenoxy) is 1. The van der Waals surface area contributed by atoms with Crippen molar-refractivity contribution in [1.29, 1.82) is 0 Å². The molecule has 2 aliphatic rings. The molecule has 0 saturated carbocycles. The van der Waals surface area contributed by atoms with Crippen LogP contribution in [-0.2, 0) is 6.54 Å². The fourth-order valence-electron chi connectivity index (χ4n) is 5.94. The maximum absolute atomic E-state index is 14.0. The van der Waals surface area contributed by atoms with Crippen LogP contribution in [0, 0.1) is 24.4 Å². The standard InChI is InChI=1S/C31H34F3N3O2/c1-21-6-3-4-7-25(21)23-13-16-37(17-14-23,31(38)35-30-8-5-15-36(30)2)20-22-9-11-24(12-10-22)39-29-19-27(33)26(32)18-28(29)34/h3-4,6-7,9-12,18-19,23,30H,5,8,13-17,20H2,1-2H3/p+1/t23?,30-,37?/m0/s1. The molecular formula is C31H35F3N3O2+. The van der Waals surface area contributed by atoms with Gasteiger partial charge in [0.2, 0.25) is 0 Å². The number of carbonyl (C=O) groups excluding carboxylic acids is 1. The molecule has 0 aliphatic carbocycles. The lowest BCUT2D eigenvalue weighted by Gasteiger charge is -2.42. The summed E-state index contributed by atoms with van der Waals surface area (Å²) in [5.41, 5.74) is 3.59. The minimum Gasteiger partial charge on any atom is -0.454 e. The molecule has 2 saturated heterocycles. The Morgan fingerprint density at radius 2 is 1.67 bits per heavy atom. The Kier molecular flexibility index (Phi) is 7.96. The van der Waals surface area contributed by atoms with Crippen LogP contribution in [0.3, 0.4) is 0 Å². The fraction of sp³-hybridized carbons (Fsp3) is 0.387. The van der Waals surface area contributed by atoms with Crippen molar-refractivity contribution in [3.63, 3.8) is 0 Å². The van der Waals surface area contributed by atoms with Crippen molar-refractivity contribution in [3.8, 4) is 11.5 Å². The zero-order valence-electron chi connectivity index (χ0n) is 22.4. The van der Waals surface area contributed by atoms with E-state index in [1.807, 2.05) is 19.2 Å². The molecule has 2 heterocycles. The average molecular weight is 539 g/mol. The predicted molar refractivity (Wildman–Crippen MR) is 144 cm³/mol. The van der Waals surface area contributed by atoms with Crippen molar-refractivity contribution in [1.82, 2.24) is 10.2 Å². The van der Waals surface area contributed by atoms with Crippen LogP contribution in [0.25, 0.3) is 0 Å². The number of hydrogen-bond donors (Lipinski definition) is 1. The number of hydrogen-bond acceptors (Lipinski definition) is 3. The van der Waals surface area contributed by atoms with E-state index in [0.29, 0.717) is 34.8 Å². The van der Waals surface area contributed by atoms with Gasteiger partial charge in [-0.2, -0.15) is 0 Å². The molecular weight excluding hydrogens is 503 g/mol. The Bertz CT molecular complexity index is 1320. The van der Waals surface area contributed by atoms with Crippen molar-refractivity contribution >= 4 is 6.03 Å². The summed E-state index contributed by atoms with van der Waals surface area (Å²) in [5, 5.41) is 3.31. The number of nitrogens with zero attached hydrogens (tertiary/aromatic N) is 2. The Morgan fingerprint density at radius 3 is 2.33 bits per heavy atom. The molecule has 0 aromatic heterocycles. The van der Waals surface area contributed by atoms with Crippen LogP contribution >= 0.6 is 0 Å². The Morgan fingerprint density at radius 1 is 0.974 bits per heavy atom. The van der Waals surface area contributed by atoms with Crippen LogP contribution < -0.4 is 10.1 Å². The summed E-state index contributed by atoms with van der Waals surface area (Å²) in [6.45, 7) is 5.08. The normalized spacial score (nSPS) is 23.5. The van der Waals surface area contributed by atoms with Crippen molar-refractivity contribution in [2.24, 2.45) is 0 Å². The number of rotatable bonds is 6. The molecule has 0 spiro atoms. The Balaban J connectivity index is 1.33. The van der Waals surface area contributed by atoms with Gasteiger partial charge >= 0.3 is 6.03 Å². The summed E-state index contributed by atoms with van der Waals surface area (Å²) >= 11 is 0. The van der Waals surface area contributed by atoms with E-state index in [2.05, 4.69) is 41.4 Å². The summed E-state index contributed by atoms with van der Waals surface area (Å²) < 4.78 is 46.6. The quantitative estimate of drug-likeness (QED) is 0.275. The number of nitrogens with one attached hydrogen (secondary N) is 1. The maximum atomic E-state index is 14.0. The third-order valence-corrected chi connectivity index (χ3v) is 8.29. The van der Waals surface area contributed by atoms with Gasteiger partial charge in [0.25, 0.3) is 0 Å². The van der Waals surface area contributed by atoms with E-state index in [0.717, 1.165) is 50.9 Å². The maximum Gasteiger partial charge on any atom is 0.418 e. The molecule has 2 amide bonds. The number of halogens is 3. The number of urea groups is 1. The largest absolute Gasteiger partial charge is 0.454 e. The molecule has 0 bridgehead atoms. The van der Waals surface area contributed by atoms with E-state index in [1.165, 1.54) is 11.1 Å². The van der Waals surface area contributed by atoms with E-state index in [-0.39, 0.29) is 17.9 Å². The van der Waals surface area contributed by atoms with Crippen molar-refractivity contribution in [2.75, 3.05) is 26.7 Å². The predicted octanol–water partition coefficient (Wildman–Crippen LogP) is 6.86. The van der Waals surface area contributed by atoms with E-state index in [9.17, 15) is 18.0 Å². The molecule has 5 nitrogen and oxygen atoms in total. The van der Waals surface area contributed by atoms with Gasteiger partial charge in [0.1, 0.15) is 12.3 Å². The van der Waals surface area contributed by atoms with Crippen LogP contribution in [0.2, 0.25) is 0 Å². The molecule has 8 heteroatoms. The van der Waals surface area contributed by atoms with Gasteiger partial charge in [-0.3, -0.25) is 10.2 Å². The van der Waals surface area contributed by atoms with E-state index in [4.69, 9.17) is 4.74 Å². The monoisotopic (exact) mass is 538 g/mol. The minimum absolute atomic E-state index is 0.0427. The first-order valence-corrected chi connectivity index (χ1v) is 13.6. The van der Waals surface area contributed by atoms with Gasteiger partial charge in [-0.25, -0.2) is 22.4 Å². The molecule has 3 aromatic rings. The molecule has 39 heavy (non-hydrogen) atoms. The summed E-state index contributed by atoms with van der Waals surface area (Å²) in [6, 6.07) is 16.7. The molecule has 1 atom stereocenters. The third kappa shape index (κ3) is 5.97. The topological polar surface area (TPSA) is 41.6 Å². The van der Waals surface area contributed by atoms with Crippen molar-refractivity contribution in [3.05, 3.63) is 94.8 Å². The number of benzene rings is 3. The lowest BCUT2D eigenvalue weighted by molar-refractivity contribution is -0.869. The second-order valence-electron chi connectivity index (χ2n) is 10.9. The van der Waals surface area contributed by atoms with Crippen LogP contribution in [0.15, 0.2) is 60.7 Å².